The van der Waals surface area contributed by atoms with Crippen LogP contribution in [0.2, 0.25) is 0 Å². The van der Waals surface area contributed by atoms with Crippen molar-refractivity contribution in [2.45, 2.75) is 90.6 Å². The van der Waals surface area contributed by atoms with E-state index in [1.54, 1.807) is 0 Å². The Morgan fingerprint density at radius 1 is 0.951 bits per heavy atom. The molecule has 0 radical (unpaired) electrons. The number of thiol groups is 1. The zero-order valence-corrected chi connectivity index (χ0v) is 26.5. The fraction of sp³-hybridized carbons (Fsp3) is 0.457. The maximum absolute atomic E-state index is 13.8. The molecular formula is C35H46N2O3S. The molecule has 6 heteroatoms. The molecule has 1 aliphatic heterocycles. The van der Waals surface area contributed by atoms with Crippen molar-refractivity contribution in [3.05, 3.63) is 77.1 Å². The number of aromatic nitrogens is 1. The van der Waals surface area contributed by atoms with Gasteiger partial charge in [-0.05, 0) is 54.9 Å². The Balaban J connectivity index is 1.93. The van der Waals surface area contributed by atoms with Gasteiger partial charge in [-0.25, -0.2) is 4.79 Å². The number of benzene rings is 2. The number of pyridine rings is 1. The third kappa shape index (κ3) is 7.40. The van der Waals surface area contributed by atoms with Crippen LogP contribution in [0.25, 0.3) is 11.1 Å². The standard InChI is InChI=1S/C35H46N2O3S/c1-7-9-11-19-29-36-20-21-41(29)34-30(27-17-14-18-28(22-27)40-23-26-15-12-10-13-16-26)31(35(38)39-8-2)32(24(3)4)37-33(34)25(5)6/h10,12-18,22,24-25,41H,7-9,11,19-21,23H2,1-6H3. The van der Waals surface area contributed by atoms with Crippen LogP contribution in [0.1, 0.15) is 106 Å². The van der Waals surface area contributed by atoms with Gasteiger partial charge in [-0.2, -0.15) is 10.9 Å². The number of esters is 1. The van der Waals surface area contributed by atoms with Crippen LogP contribution in [0.5, 0.6) is 5.75 Å². The molecular weight excluding hydrogens is 528 g/mol. The average Bonchev–Trinajstić information content (AvgIpc) is 3.44. The van der Waals surface area contributed by atoms with Crippen molar-refractivity contribution in [3.63, 3.8) is 0 Å². The van der Waals surface area contributed by atoms with Crippen molar-refractivity contribution >= 4 is 21.9 Å². The first-order valence-electron chi connectivity index (χ1n) is 15.2. The molecule has 0 fully saturated rings. The third-order valence-corrected chi connectivity index (χ3v) is 10.0. The molecule has 41 heavy (non-hydrogen) atoms. The number of unbranched alkanes of at least 4 members (excludes halogenated alkanes) is 2. The van der Waals surface area contributed by atoms with Gasteiger partial charge in [-0.15, -0.1) is 0 Å². The molecule has 4 rings (SSSR count). The van der Waals surface area contributed by atoms with Gasteiger partial charge < -0.3 is 9.47 Å². The van der Waals surface area contributed by atoms with Gasteiger partial charge in [-0.1, -0.05) is 89.9 Å². The quantitative estimate of drug-likeness (QED) is 0.126. The van der Waals surface area contributed by atoms with E-state index >= 15 is 0 Å². The van der Waals surface area contributed by atoms with E-state index in [-0.39, 0.29) is 17.8 Å². The zero-order valence-electron chi connectivity index (χ0n) is 25.6. The molecule has 1 unspecified atom stereocenters. The van der Waals surface area contributed by atoms with Crippen molar-refractivity contribution in [3.8, 4) is 16.9 Å². The highest BCUT2D eigenvalue weighted by molar-refractivity contribution is 8.30. The zero-order chi connectivity index (χ0) is 29.4. The maximum Gasteiger partial charge on any atom is 0.340 e. The molecule has 0 spiro atoms. The van der Waals surface area contributed by atoms with Gasteiger partial charge in [0.05, 0.1) is 28.6 Å². The van der Waals surface area contributed by atoms with Crippen LogP contribution >= 0.6 is 10.9 Å². The SMILES string of the molecule is CCCCCC1=NCC[SH]1c1c(C(C)C)nc(C(C)C)c(C(=O)OCC)c1-c1cccc(OCc2ccccc2)c1. The predicted molar refractivity (Wildman–Crippen MR) is 173 cm³/mol. The van der Waals surface area contributed by atoms with Crippen LogP contribution < -0.4 is 4.74 Å². The number of carbonyl (C=O) groups is 1. The average molecular weight is 575 g/mol. The molecule has 0 saturated heterocycles. The summed E-state index contributed by atoms with van der Waals surface area (Å²) in [5, 5.41) is 1.31. The van der Waals surface area contributed by atoms with E-state index in [2.05, 4.69) is 58.9 Å². The van der Waals surface area contributed by atoms with Gasteiger partial charge in [0.25, 0.3) is 0 Å². The molecule has 1 atom stereocenters. The summed E-state index contributed by atoms with van der Waals surface area (Å²) < 4.78 is 12.0. The van der Waals surface area contributed by atoms with Crippen molar-refractivity contribution in [1.82, 2.24) is 4.98 Å². The van der Waals surface area contributed by atoms with Crippen LogP contribution in [0.4, 0.5) is 0 Å². The lowest BCUT2D eigenvalue weighted by Gasteiger charge is -2.29. The van der Waals surface area contributed by atoms with Gasteiger partial charge in [0.1, 0.15) is 12.4 Å². The van der Waals surface area contributed by atoms with Gasteiger partial charge in [0.2, 0.25) is 0 Å². The second-order valence-electron chi connectivity index (χ2n) is 11.2. The molecule has 1 aromatic heterocycles. The maximum atomic E-state index is 13.8. The summed E-state index contributed by atoms with van der Waals surface area (Å²) in [7, 11) is -0.715. The second kappa shape index (κ2) is 14.7. The normalized spacial score (nSPS) is 15.8. The van der Waals surface area contributed by atoms with Crippen LogP contribution in [0.3, 0.4) is 0 Å². The van der Waals surface area contributed by atoms with Crippen LogP contribution in [0, 0.1) is 0 Å². The monoisotopic (exact) mass is 574 g/mol. The topological polar surface area (TPSA) is 60.8 Å². The van der Waals surface area contributed by atoms with Crippen molar-refractivity contribution in [2.24, 2.45) is 4.99 Å². The van der Waals surface area contributed by atoms with Gasteiger partial charge in [0, 0.05) is 22.8 Å². The van der Waals surface area contributed by atoms with Crippen LogP contribution in [0.15, 0.2) is 64.5 Å². The molecule has 2 aromatic carbocycles. The van der Waals surface area contributed by atoms with Crippen LogP contribution in [-0.2, 0) is 11.3 Å². The molecule has 0 aliphatic carbocycles. The highest BCUT2D eigenvalue weighted by Gasteiger charge is 2.33. The fourth-order valence-corrected chi connectivity index (χ4v) is 8.20. The number of nitrogens with zero attached hydrogens (tertiary/aromatic N) is 2. The van der Waals surface area contributed by atoms with Gasteiger partial charge in [0.15, 0.2) is 0 Å². The first-order chi connectivity index (χ1) is 19.8. The minimum atomic E-state index is -0.715. The Hall–Kier alpha value is -3.12. The Bertz CT molecular complexity index is 1350. The number of rotatable bonds is 13. The number of ether oxygens (including phenoxy) is 2. The summed E-state index contributed by atoms with van der Waals surface area (Å²) in [5.41, 5.74) is 5.54. The van der Waals surface area contributed by atoms with Gasteiger partial charge >= 0.3 is 5.97 Å². The van der Waals surface area contributed by atoms with Crippen molar-refractivity contribution in [2.75, 3.05) is 18.9 Å². The lowest BCUT2D eigenvalue weighted by Crippen LogP contribution is -2.18. The molecule has 0 bridgehead atoms. The minimum absolute atomic E-state index is 0.0614. The molecule has 5 nitrogen and oxygen atoms in total. The van der Waals surface area contributed by atoms with Gasteiger partial charge in [-0.3, -0.25) is 9.98 Å². The Morgan fingerprint density at radius 2 is 1.71 bits per heavy atom. The molecule has 0 amide bonds. The number of aliphatic imine (C=N–C) groups is 1. The molecule has 220 valence electrons. The number of hydrogen-bond donors (Lipinski definition) is 1. The smallest absolute Gasteiger partial charge is 0.340 e. The minimum Gasteiger partial charge on any atom is -0.489 e. The molecule has 1 aliphatic rings. The highest BCUT2D eigenvalue weighted by atomic mass is 32.2. The lowest BCUT2D eigenvalue weighted by molar-refractivity contribution is 0.0524. The Labute approximate surface area is 249 Å². The molecule has 0 saturated carbocycles. The van der Waals surface area contributed by atoms with E-state index in [1.165, 1.54) is 22.8 Å². The molecule has 3 aromatic rings. The molecule has 2 heterocycles. The summed E-state index contributed by atoms with van der Waals surface area (Å²) >= 11 is 0. The van der Waals surface area contributed by atoms with E-state index in [0.717, 1.165) is 59.0 Å². The summed E-state index contributed by atoms with van der Waals surface area (Å²) in [6, 6.07) is 18.4. The number of carbonyl (C=O) groups excluding carboxylic acids is 1. The van der Waals surface area contributed by atoms with E-state index < -0.39 is 10.9 Å². The summed E-state index contributed by atoms with van der Waals surface area (Å²) in [6.45, 7) is 14.4. The third-order valence-electron chi connectivity index (χ3n) is 7.37. The Morgan fingerprint density at radius 3 is 2.39 bits per heavy atom. The summed E-state index contributed by atoms with van der Waals surface area (Å²) in [4.78, 5) is 25.3. The summed E-state index contributed by atoms with van der Waals surface area (Å²) in [5.74, 6) is 1.74. The lowest BCUT2D eigenvalue weighted by atomic mass is 9.91. The fourth-order valence-electron chi connectivity index (χ4n) is 5.36. The predicted octanol–water partition coefficient (Wildman–Crippen LogP) is 9.10. The van der Waals surface area contributed by atoms with Crippen molar-refractivity contribution < 1.29 is 14.3 Å². The van der Waals surface area contributed by atoms with E-state index in [0.29, 0.717) is 18.8 Å². The summed E-state index contributed by atoms with van der Waals surface area (Å²) in [6.07, 6.45) is 4.54. The first kappa shape index (κ1) is 30.8. The molecule has 0 N–H and O–H groups in total. The highest BCUT2D eigenvalue weighted by Crippen LogP contribution is 2.52. The number of hydrogen-bond acceptors (Lipinski definition) is 5. The first-order valence-corrected chi connectivity index (χ1v) is 16.7. The second-order valence-corrected chi connectivity index (χ2v) is 13.5. The Kier molecular flexibility index (Phi) is 11.0. The van der Waals surface area contributed by atoms with Crippen molar-refractivity contribution in [1.29, 1.82) is 0 Å². The van der Waals surface area contributed by atoms with E-state index in [1.807, 2.05) is 37.3 Å². The largest absolute Gasteiger partial charge is 0.489 e. The van der Waals surface area contributed by atoms with Crippen LogP contribution in [-0.4, -0.2) is 34.9 Å². The van der Waals surface area contributed by atoms with E-state index in [9.17, 15) is 4.79 Å². The van der Waals surface area contributed by atoms with E-state index in [4.69, 9.17) is 19.5 Å².